The molecule has 0 atom stereocenters. The highest BCUT2D eigenvalue weighted by molar-refractivity contribution is 7.98. The molecule has 0 fully saturated rings. The maximum absolute atomic E-state index is 12.8. The van der Waals surface area contributed by atoms with E-state index in [0.29, 0.717) is 6.42 Å². The molecule has 0 bridgehead atoms. The lowest BCUT2D eigenvalue weighted by Gasteiger charge is -2.01. The summed E-state index contributed by atoms with van der Waals surface area (Å²) in [4.78, 5) is 0. The molecule has 0 spiro atoms. The van der Waals surface area contributed by atoms with Crippen LogP contribution in [-0.2, 0) is 5.75 Å². The first-order valence-electron chi connectivity index (χ1n) is 4.31. The minimum absolute atomic E-state index is 0.147. The lowest BCUT2D eigenvalue weighted by molar-refractivity contribution is 0.489. The Kier molecular flexibility index (Phi) is 5.26. The summed E-state index contributed by atoms with van der Waals surface area (Å²) in [7, 11) is 0. The van der Waals surface area contributed by atoms with E-state index in [1.54, 1.807) is 23.9 Å². The van der Waals surface area contributed by atoms with E-state index in [-0.39, 0.29) is 11.7 Å². The van der Waals surface area contributed by atoms with Crippen LogP contribution in [0, 0.1) is 5.82 Å². The van der Waals surface area contributed by atoms with E-state index in [0.717, 1.165) is 17.1 Å². The Morgan fingerprint density at radius 3 is 2.79 bits per heavy atom. The van der Waals surface area contributed by atoms with Crippen molar-refractivity contribution < 1.29 is 8.78 Å². The van der Waals surface area contributed by atoms with Gasteiger partial charge in [0, 0.05) is 5.75 Å². The molecule has 0 N–H and O–H groups in total. The zero-order chi connectivity index (χ0) is 10.4. The maximum atomic E-state index is 12.8. The fourth-order valence-corrected chi connectivity index (χ4v) is 2.05. The lowest BCUT2D eigenvalue weighted by atomic mass is 10.2. The molecule has 0 radical (unpaired) electrons. The van der Waals surface area contributed by atoms with Gasteiger partial charge >= 0.3 is 0 Å². The fraction of sp³-hybridized carbons (Fsp3) is 0.400. The number of benzene rings is 1. The van der Waals surface area contributed by atoms with Gasteiger partial charge in [0.2, 0.25) is 0 Å². The van der Waals surface area contributed by atoms with Gasteiger partial charge in [-0.15, -0.1) is 0 Å². The summed E-state index contributed by atoms with van der Waals surface area (Å²) in [5.74, 6) is 1.13. The number of rotatable bonds is 5. The Hall–Kier alpha value is -0.280. The second-order valence-electron chi connectivity index (χ2n) is 2.84. The molecule has 0 aliphatic carbocycles. The molecule has 0 unspecified atom stereocenters. The average molecular weight is 237 g/mol. The second kappa shape index (κ2) is 6.25. The molecule has 0 aliphatic heterocycles. The van der Waals surface area contributed by atoms with Gasteiger partial charge in [-0.3, -0.25) is 4.39 Å². The van der Waals surface area contributed by atoms with Gasteiger partial charge in [-0.2, -0.15) is 11.8 Å². The molecule has 0 aliphatic rings. The number of halogens is 3. The predicted octanol–water partition coefficient (Wildman–Crippen LogP) is 4.07. The van der Waals surface area contributed by atoms with E-state index in [4.69, 9.17) is 11.6 Å². The van der Waals surface area contributed by atoms with Crippen molar-refractivity contribution in [1.29, 1.82) is 0 Å². The molecule has 0 amide bonds. The van der Waals surface area contributed by atoms with Crippen molar-refractivity contribution in [3.05, 3.63) is 34.6 Å². The molecule has 0 heterocycles. The molecule has 1 aromatic rings. The topological polar surface area (TPSA) is 0 Å². The Labute approximate surface area is 91.6 Å². The molecule has 0 aromatic heterocycles. The zero-order valence-corrected chi connectivity index (χ0v) is 9.18. The Morgan fingerprint density at radius 1 is 1.36 bits per heavy atom. The first-order valence-corrected chi connectivity index (χ1v) is 5.85. The van der Waals surface area contributed by atoms with Crippen molar-refractivity contribution in [1.82, 2.24) is 0 Å². The summed E-state index contributed by atoms with van der Waals surface area (Å²) < 4.78 is 24.5. The summed E-state index contributed by atoms with van der Waals surface area (Å²) in [6.07, 6.45) is 0.569. The maximum Gasteiger partial charge on any atom is 0.141 e. The van der Waals surface area contributed by atoms with E-state index in [2.05, 4.69) is 0 Å². The van der Waals surface area contributed by atoms with Crippen molar-refractivity contribution in [2.24, 2.45) is 0 Å². The van der Waals surface area contributed by atoms with Gasteiger partial charge in [-0.1, -0.05) is 17.7 Å². The van der Waals surface area contributed by atoms with Crippen molar-refractivity contribution in [3.8, 4) is 0 Å². The fourth-order valence-electron chi connectivity index (χ4n) is 0.976. The van der Waals surface area contributed by atoms with Gasteiger partial charge in [0.25, 0.3) is 0 Å². The van der Waals surface area contributed by atoms with Crippen LogP contribution in [0.3, 0.4) is 0 Å². The number of hydrogen-bond acceptors (Lipinski definition) is 1. The average Bonchev–Trinajstić information content (AvgIpc) is 2.18. The second-order valence-corrected chi connectivity index (χ2v) is 4.36. The first kappa shape index (κ1) is 11.8. The molecule has 0 saturated heterocycles. The highest BCUT2D eigenvalue weighted by Crippen LogP contribution is 2.19. The monoisotopic (exact) mass is 236 g/mol. The van der Waals surface area contributed by atoms with Crippen LogP contribution in [-0.4, -0.2) is 12.4 Å². The van der Waals surface area contributed by atoms with Crippen molar-refractivity contribution in [2.45, 2.75) is 12.2 Å². The largest absolute Gasteiger partial charge is 0.251 e. The smallest absolute Gasteiger partial charge is 0.141 e. The summed E-state index contributed by atoms with van der Waals surface area (Å²) in [5.41, 5.74) is 0.972. The van der Waals surface area contributed by atoms with Crippen molar-refractivity contribution in [3.63, 3.8) is 0 Å². The van der Waals surface area contributed by atoms with Crippen molar-refractivity contribution >= 4 is 23.4 Å². The molecule has 78 valence electrons. The van der Waals surface area contributed by atoms with Crippen LogP contribution in [0.1, 0.15) is 12.0 Å². The highest BCUT2D eigenvalue weighted by atomic mass is 35.5. The van der Waals surface area contributed by atoms with E-state index in [1.165, 1.54) is 6.07 Å². The first-order chi connectivity index (χ1) is 6.74. The summed E-state index contributed by atoms with van der Waals surface area (Å²) in [6, 6.07) is 4.66. The van der Waals surface area contributed by atoms with E-state index >= 15 is 0 Å². The third kappa shape index (κ3) is 3.84. The third-order valence-electron chi connectivity index (χ3n) is 1.68. The van der Waals surface area contributed by atoms with Gasteiger partial charge in [-0.05, 0) is 29.9 Å². The molecule has 4 heteroatoms. The number of alkyl halides is 1. The van der Waals surface area contributed by atoms with E-state index in [9.17, 15) is 8.78 Å². The van der Waals surface area contributed by atoms with Gasteiger partial charge in [0.1, 0.15) is 5.82 Å². The lowest BCUT2D eigenvalue weighted by Crippen LogP contribution is -1.86. The molecular weight excluding hydrogens is 226 g/mol. The minimum Gasteiger partial charge on any atom is -0.251 e. The molecular formula is C10H11ClF2S. The van der Waals surface area contributed by atoms with Crippen molar-refractivity contribution in [2.75, 3.05) is 12.4 Å². The van der Waals surface area contributed by atoms with Crippen LogP contribution < -0.4 is 0 Å². The van der Waals surface area contributed by atoms with Crippen LogP contribution in [0.25, 0.3) is 0 Å². The third-order valence-corrected chi connectivity index (χ3v) is 3.08. The molecule has 0 nitrogen and oxygen atoms in total. The quantitative estimate of drug-likeness (QED) is 0.695. The Balaban J connectivity index is 2.39. The molecule has 1 rings (SSSR count). The van der Waals surface area contributed by atoms with E-state index < -0.39 is 5.82 Å². The van der Waals surface area contributed by atoms with Crippen LogP contribution in [0.2, 0.25) is 5.02 Å². The number of hydrogen-bond donors (Lipinski definition) is 0. The van der Waals surface area contributed by atoms with Gasteiger partial charge < -0.3 is 0 Å². The molecule has 0 saturated carbocycles. The van der Waals surface area contributed by atoms with Crippen LogP contribution in [0.4, 0.5) is 8.78 Å². The Bertz CT molecular complexity index is 291. The SMILES string of the molecule is FCCCSCc1ccc(F)c(Cl)c1. The summed E-state index contributed by atoms with van der Waals surface area (Å²) in [5, 5.41) is 0.147. The van der Waals surface area contributed by atoms with Crippen LogP contribution >= 0.6 is 23.4 Å². The highest BCUT2D eigenvalue weighted by Gasteiger charge is 2.00. The van der Waals surface area contributed by atoms with Crippen LogP contribution in [0.5, 0.6) is 0 Å². The normalized spacial score (nSPS) is 10.5. The summed E-state index contributed by atoms with van der Waals surface area (Å²) in [6.45, 7) is -0.281. The standard InChI is InChI=1S/C10H11ClF2S/c11-9-6-8(2-3-10(9)13)7-14-5-1-4-12/h2-3,6H,1,4-5,7H2. The van der Waals surface area contributed by atoms with E-state index in [1.807, 2.05) is 0 Å². The van der Waals surface area contributed by atoms with Gasteiger partial charge in [0.05, 0.1) is 11.7 Å². The Morgan fingerprint density at radius 2 is 2.14 bits per heavy atom. The zero-order valence-electron chi connectivity index (χ0n) is 7.60. The van der Waals surface area contributed by atoms with Crippen LogP contribution in [0.15, 0.2) is 18.2 Å². The molecule has 14 heavy (non-hydrogen) atoms. The van der Waals surface area contributed by atoms with Gasteiger partial charge in [0.15, 0.2) is 0 Å². The molecule has 1 aromatic carbocycles. The van der Waals surface area contributed by atoms with Gasteiger partial charge in [-0.25, -0.2) is 4.39 Å². The summed E-state index contributed by atoms with van der Waals surface area (Å²) >= 11 is 7.23. The number of thioether (sulfide) groups is 1. The minimum atomic E-state index is -0.399. The predicted molar refractivity (Wildman–Crippen MR) is 58.2 cm³/mol.